The maximum atomic E-state index is 10.9. The summed E-state index contributed by atoms with van der Waals surface area (Å²) in [5, 5.41) is 3.35. The topological polar surface area (TPSA) is 60.1 Å². The van der Waals surface area contributed by atoms with Crippen molar-refractivity contribution in [3.05, 3.63) is 24.0 Å². The summed E-state index contributed by atoms with van der Waals surface area (Å²) in [7, 11) is 0. The summed E-state index contributed by atoms with van der Waals surface area (Å²) < 4.78 is 2.18. The molecule has 1 heterocycles. The average Bonchev–Trinajstić information content (AvgIpc) is 2.62. The zero-order chi connectivity index (χ0) is 12.9. The molecule has 0 atom stereocenters. The second-order valence-electron chi connectivity index (χ2n) is 5.14. The molecule has 17 heavy (non-hydrogen) atoms. The Labute approximate surface area is 103 Å². The molecule has 4 nitrogen and oxygen atoms in total. The third-order valence-electron chi connectivity index (χ3n) is 2.68. The summed E-state index contributed by atoms with van der Waals surface area (Å²) in [6.07, 6.45) is 5.70. The van der Waals surface area contributed by atoms with Crippen LogP contribution in [0.1, 0.15) is 39.2 Å². The third kappa shape index (κ3) is 5.04. The molecule has 1 aromatic rings. The van der Waals surface area contributed by atoms with Crippen LogP contribution in [0.15, 0.2) is 18.5 Å². The molecule has 0 saturated carbocycles. The van der Waals surface area contributed by atoms with Crippen LogP contribution in [-0.4, -0.2) is 16.0 Å². The molecule has 96 valence electrons. The first-order valence-corrected chi connectivity index (χ1v) is 6.11. The number of nitrogens with one attached hydrogen (secondary N) is 1. The minimum absolute atomic E-state index is 0.251. The second kappa shape index (κ2) is 5.87. The number of hydrogen-bond acceptors (Lipinski definition) is 2. The largest absolute Gasteiger partial charge is 0.370 e. The molecule has 1 rings (SSSR count). The second-order valence-corrected chi connectivity index (χ2v) is 5.14. The van der Waals surface area contributed by atoms with Gasteiger partial charge in [-0.1, -0.05) is 6.92 Å². The van der Waals surface area contributed by atoms with Crippen LogP contribution in [0.25, 0.3) is 0 Å². The van der Waals surface area contributed by atoms with Gasteiger partial charge in [0.2, 0.25) is 5.91 Å². The van der Waals surface area contributed by atoms with Gasteiger partial charge in [-0.25, -0.2) is 0 Å². The summed E-state index contributed by atoms with van der Waals surface area (Å²) in [6.45, 7) is 7.94. The predicted octanol–water partition coefficient (Wildman–Crippen LogP) is 1.64. The van der Waals surface area contributed by atoms with Crippen LogP contribution in [0.3, 0.4) is 0 Å². The van der Waals surface area contributed by atoms with Gasteiger partial charge in [0.15, 0.2) is 0 Å². The van der Waals surface area contributed by atoms with Gasteiger partial charge in [0.25, 0.3) is 0 Å². The minimum Gasteiger partial charge on any atom is -0.370 e. The van der Waals surface area contributed by atoms with Crippen LogP contribution in [0.2, 0.25) is 0 Å². The molecule has 0 aliphatic rings. The van der Waals surface area contributed by atoms with Crippen molar-refractivity contribution < 1.29 is 4.79 Å². The lowest BCUT2D eigenvalue weighted by Gasteiger charge is -2.24. The van der Waals surface area contributed by atoms with Gasteiger partial charge in [-0.3, -0.25) is 4.79 Å². The number of primary amides is 1. The van der Waals surface area contributed by atoms with Gasteiger partial charge in [-0.05, 0) is 31.9 Å². The van der Waals surface area contributed by atoms with Crippen molar-refractivity contribution in [3.63, 3.8) is 0 Å². The number of aryl methyl sites for hydroxylation is 1. The summed E-state index contributed by atoms with van der Waals surface area (Å²) >= 11 is 0. The van der Waals surface area contributed by atoms with Crippen LogP contribution in [0.4, 0.5) is 0 Å². The number of carbonyl (C=O) groups excluding carboxylic acids is 1. The molecule has 0 aromatic carbocycles. The molecule has 1 amide bonds. The van der Waals surface area contributed by atoms with E-state index in [1.807, 2.05) is 13.8 Å². The van der Waals surface area contributed by atoms with E-state index in [4.69, 9.17) is 5.73 Å². The fourth-order valence-corrected chi connectivity index (χ4v) is 1.83. The molecule has 3 N–H and O–H groups in total. The SMILES string of the molecule is CCCn1ccc(CNC(C)(C)CC(N)=O)c1. The minimum atomic E-state index is -0.272. The van der Waals surface area contributed by atoms with E-state index in [-0.39, 0.29) is 11.4 Å². The molecular weight excluding hydrogens is 214 g/mol. The predicted molar refractivity (Wildman–Crippen MR) is 69.5 cm³/mol. The first-order valence-electron chi connectivity index (χ1n) is 6.11. The van der Waals surface area contributed by atoms with Gasteiger partial charge in [0.05, 0.1) is 0 Å². The van der Waals surface area contributed by atoms with E-state index in [1.54, 1.807) is 0 Å². The summed E-state index contributed by atoms with van der Waals surface area (Å²) in [4.78, 5) is 10.9. The van der Waals surface area contributed by atoms with Crippen LogP contribution < -0.4 is 11.1 Å². The van der Waals surface area contributed by atoms with Crippen molar-refractivity contribution in [2.45, 2.75) is 52.2 Å². The summed E-state index contributed by atoms with van der Waals surface area (Å²) in [5.74, 6) is -0.272. The molecule has 0 radical (unpaired) electrons. The molecule has 4 heteroatoms. The van der Waals surface area contributed by atoms with Gasteiger partial charge in [0, 0.05) is 37.4 Å². The van der Waals surface area contributed by atoms with Crippen LogP contribution >= 0.6 is 0 Å². The third-order valence-corrected chi connectivity index (χ3v) is 2.68. The van der Waals surface area contributed by atoms with E-state index >= 15 is 0 Å². The zero-order valence-corrected chi connectivity index (χ0v) is 11.0. The molecular formula is C13H23N3O. The molecule has 1 aromatic heterocycles. The van der Waals surface area contributed by atoms with E-state index < -0.39 is 0 Å². The van der Waals surface area contributed by atoms with Gasteiger partial charge in [-0.2, -0.15) is 0 Å². The average molecular weight is 237 g/mol. The normalized spacial score (nSPS) is 11.7. The standard InChI is InChI=1S/C13H23N3O/c1-4-6-16-7-5-11(10-16)9-15-13(2,3)8-12(14)17/h5,7,10,15H,4,6,8-9H2,1-3H3,(H2,14,17). The van der Waals surface area contributed by atoms with Crippen molar-refractivity contribution in [2.24, 2.45) is 5.73 Å². The lowest BCUT2D eigenvalue weighted by atomic mass is 10.00. The van der Waals surface area contributed by atoms with E-state index in [0.717, 1.165) is 19.5 Å². The number of rotatable bonds is 7. The molecule has 0 spiro atoms. The number of carbonyl (C=O) groups is 1. The van der Waals surface area contributed by atoms with Crippen molar-refractivity contribution >= 4 is 5.91 Å². The van der Waals surface area contributed by atoms with Crippen LogP contribution in [0.5, 0.6) is 0 Å². The maximum Gasteiger partial charge on any atom is 0.219 e. The Morgan fingerprint density at radius 1 is 1.53 bits per heavy atom. The lowest BCUT2D eigenvalue weighted by Crippen LogP contribution is -2.42. The van der Waals surface area contributed by atoms with Gasteiger partial charge < -0.3 is 15.6 Å². The highest BCUT2D eigenvalue weighted by Gasteiger charge is 2.19. The Hall–Kier alpha value is -1.29. The molecule has 0 saturated heterocycles. The highest BCUT2D eigenvalue weighted by atomic mass is 16.1. The highest BCUT2D eigenvalue weighted by Crippen LogP contribution is 2.10. The molecule has 0 bridgehead atoms. The number of nitrogens with zero attached hydrogens (tertiary/aromatic N) is 1. The number of aromatic nitrogens is 1. The summed E-state index contributed by atoms with van der Waals surface area (Å²) in [5.41, 5.74) is 6.19. The Balaban J connectivity index is 2.46. The molecule has 0 unspecified atom stereocenters. The molecule has 0 fully saturated rings. The van der Waals surface area contributed by atoms with Gasteiger partial charge in [-0.15, -0.1) is 0 Å². The Kier molecular flexibility index (Phi) is 4.75. The fraction of sp³-hybridized carbons (Fsp3) is 0.615. The number of hydrogen-bond donors (Lipinski definition) is 2. The highest BCUT2D eigenvalue weighted by molar-refractivity contribution is 5.74. The van der Waals surface area contributed by atoms with E-state index in [0.29, 0.717) is 6.42 Å². The van der Waals surface area contributed by atoms with Crippen molar-refractivity contribution in [1.82, 2.24) is 9.88 Å². The smallest absolute Gasteiger partial charge is 0.219 e. The van der Waals surface area contributed by atoms with Crippen LogP contribution in [-0.2, 0) is 17.9 Å². The summed E-state index contributed by atoms with van der Waals surface area (Å²) in [6, 6.07) is 2.10. The maximum absolute atomic E-state index is 10.9. The van der Waals surface area contributed by atoms with Gasteiger partial charge >= 0.3 is 0 Å². The Morgan fingerprint density at radius 3 is 2.82 bits per heavy atom. The Bertz CT molecular complexity index is 368. The zero-order valence-electron chi connectivity index (χ0n) is 11.0. The first-order chi connectivity index (χ1) is 7.93. The fourth-order valence-electron chi connectivity index (χ4n) is 1.83. The van der Waals surface area contributed by atoms with E-state index in [2.05, 4.69) is 35.3 Å². The van der Waals surface area contributed by atoms with Gasteiger partial charge in [0.1, 0.15) is 0 Å². The van der Waals surface area contributed by atoms with E-state index in [9.17, 15) is 4.79 Å². The van der Waals surface area contributed by atoms with Crippen molar-refractivity contribution in [2.75, 3.05) is 0 Å². The number of nitrogens with two attached hydrogens (primary N) is 1. The monoisotopic (exact) mass is 237 g/mol. The molecule has 0 aliphatic heterocycles. The Morgan fingerprint density at radius 2 is 2.24 bits per heavy atom. The van der Waals surface area contributed by atoms with Crippen molar-refractivity contribution in [3.8, 4) is 0 Å². The van der Waals surface area contributed by atoms with Crippen LogP contribution in [0, 0.1) is 0 Å². The number of amides is 1. The quantitative estimate of drug-likeness (QED) is 0.757. The first kappa shape index (κ1) is 13.8. The van der Waals surface area contributed by atoms with Crippen molar-refractivity contribution in [1.29, 1.82) is 0 Å². The van der Waals surface area contributed by atoms with E-state index in [1.165, 1.54) is 5.56 Å². The lowest BCUT2D eigenvalue weighted by molar-refractivity contribution is -0.119. The molecule has 0 aliphatic carbocycles.